The van der Waals surface area contributed by atoms with Gasteiger partial charge in [0.2, 0.25) is 0 Å². The zero-order valence-corrected chi connectivity index (χ0v) is 13.9. The second-order valence-electron chi connectivity index (χ2n) is 5.84. The van der Waals surface area contributed by atoms with E-state index in [4.69, 9.17) is 4.84 Å². The van der Waals surface area contributed by atoms with Gasteiger partial charge in [0.25, 0.3) is 0 Å². The summed E-state index contributed by atoms with van der Waals surface area (Å²) in [7, 11) is 0. The normalized spacial score (nSPS) is 11.1. The molecule has 0 bridgehead atoms. The molecular weight excluding hydrogens is 324 g/mol. The highest BCUT2D eigenvalue weighted by atomic mass is 16.7. The van der Waals surface area contributed by atoms with Crippen LogP contribution in [0, 0.1) is 0 Å². The van der Waals surface area contributed by atoms with Gasteiger partial charge in [-0.15, -0.1) is 0 Å². The van der Waals surface area contributed by atoms with Crippen molar-refractivity contribution in [2.75, 3.05) is 5.32 Å². The Labute approximate surface area is 150 Å². The summed E-state index contributed by atoms with van der Waals surface area (Å²) in [5, 5.41) is 10.9. The molecule has 4 aromatic carbocycles. The van der Waals surface area contributed by atoms with Crippen LogP contribution in [-0.2, 0) is 4.84 Å². The van der Waals surface area contributed by atoms with Crippen molar-refractivity contribution < 1.29 is 9.63 Å². The van der Waals surface area contributed by atoms with Gasteiger partial charge >= 0.3 is 6.09 Å². The molecule has 0 spiro atoms. The van der Waals surface area contributed by atoms with E-state index < -0.39 is 6.09 Å². The van der Waals surface area contributed by atoms with Crippen molar-refractivity contribution in [3.05, 3.63) is 90.5 Å². The number of nitrogens with zero attached hydrogens (tertiary/aromatic N) is 1. The Morgan fingerprint density at radius 3 is 2.04 bits per heavy atom. The Balaban J connectivity index is 1.63. The number of nitrogens with one attached hydrogen (secondary N) is 1. The third-order valence-electron chi connectivity index (χ3n) is 4.15. The molecule has 4 aromatic rings. The van der Waals surface area contributed by atoms with Crippen LogP contribution >= 0.6 is 0 Å². The Morgan fingerprint density at radius 2 is 1.38 bits per heavy atom. The Bertz CT molecular complexity index is 1050. The van der Waals surface area contributed by atoms with Gasteiger partial charge in [-0.05, 0) is 39.7 Å². The van der Waals surface area contributed by atoms with Crippen molar-refractivity contribution in [3.63, 3.8) is 0 Å². The van der Waals surface area contributed by atoms with Gasteiger partial charge in [0.15, 0.2) is 0 Å². The van der Waals surface area contributed by atoms with E-state index in [0.717, 1.165) is 27.1 Å². The van der Waals surface area contributed by atoms with Crippen LogP contribution in [0.5, 0.6) is 0 Å². The smallest absolute Gasteiger partial charge is 0.298 e. The standard InChI is InChI=1S/C22H16N2O2/c25-22(24-18-10-2-1-3-11-18)26-23-15-21-19-12-6-4-8-16(19)14-17-9-5-7-13-20(17)21/h1-15H,(H,24,25). The highest BCUT2D eigenvalue weighted by Crippen LogP contribution is 2.27. The summed E-state index contributed by atoms with van der Waals surface area (Å²) in [5.41, 5.74) is 1.58. The maximum Gasteiger partial charge on any atom is 0.437 e. The number of anilines is 1. The van der Waals surface area contributed by atoms with E-state index in [1.54, 1.807) is 18.3 Å². The fourth-order valence-electron chi connectivity index (χ4n) is 2.98. The van der Waals surface area contributed by atoms with Crippen LogP contribution in [0.25, 0.3) is 21.5 Å². The molecule has 4 rings (SSSR count). The SMILES string of the molecule is O=C(Nc1ccccc1)ON=Cc1c2ccccc2cc2ccccc12. The first-order valence-electron chi connectivity index (χ1n) is 8.28. The number of carbonyl (C=O) groups is 1. The minimum atomic E-state index is -0.628. The van der Waals surface area contributed by atoms with E-state index in [1.165, 1.54) is 0 Å². The molecule has 0 saturated heterocycles. The molecule has 0 atom stereocenters. The second kappa shape index (κ2) is 7.07. The number of fused-ring (bicyclic) bond motifs is 2. The quantitative estimate of drug-likeness (QED) is 0.229. The second-order valence-corrected chi connectivity index (χ2v) is 5.84. The van der Waals surface area contributed by atoms with Gasteiger partial charge in [0.05, 0.1) is 6.21 Å². The average molecular weight is 340 g/mol. The fourth-order valence-corrected chi connectivity index (χ4v) is 2.98. The Hall–Kier alpha value is -3.66. The van der Waals surface area contributed by atoms with Crippen molar-refractivity contribution in [1.82, 2.24) is 0 Å². The number of oxime groups is 1. The van der Waals surface area contributed by atoms with Crippen LogP contribution in [0.3, 0.4) is 0 Å². The van der Waals surface area contributed by atoms with Gasteiger partial charge in [-0.1, -0.05) is 71.9 Å². The monoisotopic (exact) mass is 340 g/mol. The molecule has 4 nitrogen and oxygen atoms in total. The van der Waals surface area contributed by atoms with Crippen LogP contribution in [0.15, 0.2) is 90.1 Å². The van der Waals surface area contributed by atoms with Gasteiger partial charge in [0.1, 0.15) is 0 Å². The molecular formula is C22H16N2O2. The van der Waals surface area contributed by atoms with E-state index in [9.17, 15) is 4.79 Å². The van der Waals surface area contributed by atoms with Crippen molar-refractivity contribution in [2.24, 2.45) is 5.16 Å². The summed E-state index contributed by atoms with van der Waals surface area (Å²) >= 11 is 0. The fraction of sp³-hybridized carbons (Fsp3) is 0. The third-order valence-corrected chi connectivity index (χ3v) is 4.15. The van der Waals surface area contributed by atoms with Crippen LogP contribution in [0.4, 0.5) is 10.5 Å². The zero-order chi connectivity index (χ0) is 17.8. The number of amides is 1. The van der Waals surface area contributed by atoms with Crippen molar-refractivity contribution in [2.45, 2.75) is 0 Å². The summed E-state index contributed by atoms with van der Waals surface area (Å²) in [6, 6.07) is 27.4. The van der Waals surface area contributed by atoms with Gasteiger partial charge in [-0.25, -0.2) is 4.79 Å². The summed E-state index contributed by atoms with van der Waals surface area (Å²) < 4.78 is 0. The number of hydrogen-bond donors (Lipinski definition) is 1. The Kier molecular flexibility index (Phi) is 4.31. The summed E-state index contributed by atoms with van der Waals surface area (Å²) in [5.74, 6) is 0. The molecule has 0 fully saturated rings. The predicted molar refractivity (Wildman–Crippen MR) is 106 cm³/mol. The summed E-state index contributed by atoms with van der Waals surface area (Å²) in [6.07, 6.45) is 0.965. The first-order chi connectivity index (χ1) is 12.8. The van der Waals surface area contributed by atoms with Crippen LogP contribution in [0.1, 0.15) is 5.56 Å². The maximum absolute atomic E-state index is 11.9. The molecule has 0 aliphatic rings. The van der Waals surface area contributed by atoms with Gasteiger partial charge in [-0.2, -0.15) is 0 Å². The van der Waals surface area contributed by atoms with E-state index in [2.05, 4.69) is 28.7 Å². The number of para-hydroxylation sites is 1. The van der Waals surface area contributed by atoms with Crippen LogP contribution in [0.2, 0.25) is 0 Å². The molecule has 0 radical (unpaired) electrons. The molecule has 0 aliphatic heterocycles. The van der Waals surface area contributed by atoms with Gasteiger partial charge in [-0.3, -0.25) is 10.2 Å². The minimum absolute atomic E-state index is 0.628. The van der Waals surface area contributed by atoms with E-state index in [-0.39, 0.29) is 0 Å². The third kappa shape index (κ3) is 3.26. The van der Waals surface area contributed by atoms with E-state index in [0.29, 0.717) is 5.69 Å². The van der Waals surface area contributed by atoms with Crippen LogP contribution < -0.4 is 5.32 Å². The molecule has 126 valence electrons. The minimum Gasteiger partial charge on any atom is -0.298 e. The molecule has 4 heteroatoms. The number of carbonyl (C=O) groups excluding carboxylic acids is 1. The molecule has 0 aliphatic carbocycles. The highest BCUT2D eigenvalue weighted by molar-refractivity contribution is 6.13. The zero-order valence-electron chi connectivity index (χ0n) is 13.9. The molecule has 0 unspecified atom stereocenters. The average Bonchev–Trinajstić information content (AvgIpc) is 2.68. The maximum atomic E-state index is 11.9. The van der Waals surface area contributed by atoms with Crippen molar-refractivity contribution >= 4 is 39.5 Å². The highest BCUT2D eigenvalue weighted by Gasteiger charge is 2.06. The van der Waals surface area contributed by atoms with E-state index >= 15 is 0 Å². The van der Waals surface area contributed by atoms with Crippen LogP contribution in [-0.4, -0.2) is 12.3 Å². The largest absolute Gasteiger partial charge is 0.437 e. The summed E-state index contributed by atoms with van der Waals surface area (Å²) in [6.45, 7) is 0. The Morgan fingerprint density at radius 1 is 0.808 bits per heavy atom. The van der Waals surface area contributed by atoms with E-state index in [1.807, 2.05) is 54.6 Å². The predicted octanol–water partition coefficient (Wildman–Crippen LogP) is 5.58. The van der Waals surface area contributed by atoms with Gasteiger partial charge < -0.3 is 0 Å². The lowest BCUT2D eigenvalue weighted by molar-refractivity contribution is 0.167. The number of rotatable bonds is 3. The first kappa shape index (κ1) is 15.8. The first-order valence-corrected chi connectivity index (χ1v) is 8.28. The molecule has 26 heavy (non-hydrogen) atoms. The number of benzene rings is 4. The van der Waals surface area contributed by atoms with Crippen molar-refractivity contribution in [1.29, 1.82) is 0 Å². The van der Waals surface area contributed by atoms with Crippen molar-refractivity contribution in [3.8, 4) is 0 Å². The molecule has 1 amide bonds. The topological polar surface area (TPSA) is 50.7 Å². The lowest BCUT2D eigenvalue weighted by Crippen LogP contribution is -2.10. The summed E-state index contributed by atoms with van der Waals surface area (Å²) in [4.78, 5) is 16.8. The van der Waals surface area contributed by atoms with Gasteiger partial charge in [0, 0.05) is 11.3 Å². The molecule has 0 saturated carbocycles. The molecule has 1 N–H and O–H groups in total. The lowest BCUT2D eigenvalue weighted by Gasteiger charge is -2.07. The molecule has 0 aromatic heterocycles. The molecule has 0 heterocycles. The number of hydrogen-bond acceptors (Lipinski definition) is 3. The lowest BCUT2D eigenvalue weighted by atomic mass is 9.97.